The molecule has 0 radical (unpaired) electrons. The first kappa shape index (κ1) is 15.0. The topological polar surface area (TPSA) is 41.1 Å². The number of anilines is 1. The van der Waals surface area contributed by atoms with Gasteiger partial charge in [0.15, 0.2) is 0 Å². The van der Waals surface area contributed by atoms with Crippen molar-refractivity contribution >= 4 is 11.6 Å². The van der Waals surface area contributed by atoms with E-state index in [1.807, 2.05) is 7.05 Å². The number of carbonyl (C=O) groups is 1. The number of rotatable bonds is 5. The molecule has 0 aliphatic carbocycles. The van der Waals surface area contributed by atoms with Gasteiger partial charge in [0.1, 0.15) is 0 Å². The number of nitrogens with one attached hydrogen (secondary N) is 2. The van der Waals surface area contributed by atoms with E-state index in [1.54, 1.807) is 0 Å². The van der Waals surface area contributed by atoms with E-state index in [0.29, 0.717) is 12.5 Å². The van der Waals surface area contributed by atoms with E-state index >= 15 is 0 Å². The van der Waals surface area contributed by atoms with Gasteiger partial charge in [0.05, 0.1) is 0 Å². The van der Waals surface area contributed by atoms with Crippen molar-refractivity contribution in [3.63, 3.8) is 0 Å². The maximum atomic E-state index is 11.6. The molecular formula is C17H26N2O. The lowest BCUT2D eigenvalue weighted by molar-refractivity contribution is -0.116. The van der Waals surface area contributed by atoms with Crippen LogP contribution in [0.4, 0.5) is 5.69 Å². The van der Waals surface area contributed by atoms with Gasteiger partial charge in [-0.05, 0) is 55.8 Å². The highest BCUT2D eigenvalue weighted by Crippen LogP contribution is 2.28. The molecule has 0 fully saturated rings. The van der Waals surface area contributed by atoms with Crippen molar-refractivity contribution in [1.29, 1.82) is 0 Å². The quantitative estimate of drug-likeness (QED) is 0.860. The third-order valence-electron chi connectivity index (χ3n) is 4.04. The fourth-order valence-corrected chi connectivity index (χ4v) is 2.79. The molecule has 1 aliphatic rings. The Hall–Kier alpha value is -1.35. The SMILES string of the molecule is CNC(CCC(C)C)c1ccc2c(c1)CCCC(=O)N2. The number of hydrogen-bond donors (Lipinski definition) is 2. The summed E-state index contributed by atoms with van der Waals surface area (Å²) in [4.78, 5) is 11.6. The molecule has 3 heteroatoms. The van der Waals surface area contributed by atoms with E-state index in [9.17, 15) is 4.79 Å². The van der Waals surface area contributed by atoms with E-state index in [4.69, 9.17) is 0 Å². The van der Waals surface area contributed by atoms with Crippen LogP contribution in [0.1, 0.15) is 56.7 Å². The van der Waals surface area contributed by atoms with Crippen LogP contribution in [0.15, 0.2) is 18.2 Å². The molecular weight excluding hydrogens is 248 g/mol. The molecule has 0 aromatic heterocycles. The Labute approximate surface area is 122 Å². The number of aryl methyl sites for hydroxylation is 1. The first-order valence-electron chi connectivity index (χ1n) is 7.70. The summed E-state index contributed by atoms with van der Waals surface area (Å²) in [5.41, 5.74) is 3.61. The lowest BCUT2D eigenvalue weighted by Crippen LogP contribution is -2.17. The maximum absolute atomic E-state index is 11.6. The van der Waals surface area contributed by atoms with Crippen LogP contribution in [0.2, 0.25) is 0 Å². The fraction of sp³-hybridized carbons (Fsp3) is 0.588. The zero-order chi connectivity index (χ0) is 14.5. The van der Waals surface area contributed by atoms with Gasteiger partial charge in [0.2, 0.25) is 5.91 Å². The molecule has 2 rings (SSSR count). The second-order valence-electron chi connectivity index (χ2n) is 6.13. The van der Waals surface area contributed by atoms with E-state index in [-0.39, 0.29) is 5.91 Å². The van der Waals surface area contributed by atoms with Crippen molar-refractivity contribution < 1.29 is 4.79 Å². The van der Waals surface area contributed by atoms with E-state index in [2.05, 4.69) is 42.7 Å². The van der Waals surface area contributed by atoms with Crippen molar-refractivity contribution in [1.82, 2.24) is 5.32 Å². The van der Waals surface area contributed by atoms with Crippen molar-refractivity contribution in [2.75, 3.05) is 12.4 Å². The average molecular weight is 274 g/mol. The zero-order valence-electron chi connectivity index (χ0n) is 12.8. The van der Waals surface area contributed by atoms with Gasteiger partial charge in [-0.3, -0.25) is 4.79 Å². The van der Waals surface area contributed by atoms with E-state index in [1.165, 1.54) is 17.5 Å². The Morgan fingerprint density at radius 2 is 2.05 bits per heavy atom. The van der Waals surface area contributed by atoms with Crippen LogP contribution >= 0.6 is 0 Å². The summed E-state index contributed by atoms with van der Waals surface area (Å²) in [7, 11) is 2.03. The number of fused-ring (bicyclic) bond motifs is 1. The van der Waals surface area contributed by atoms with Crippen LogP contribution < -0.4 is 10.6 Å². The molecule has 0 spiro atoms. The highest BCUT2D eigenvalue weighted by atomic mass is 16.1. The lowest BCUT2D eigenvalue weighted by atomic mass is 9.95. The molecule has 1 amide bonds. The van der Waals surface area contributed by atoms with Gasteiger partial charge < -0.3 is 10.6 Å². The van der Waals surface area contributed by atoms with Gasteiger partial charge in [-0.2, -0.15) is 0 Å². The highest BCUT2D eigenvalue weighted by Gasteiger charge is 2.16. The summed E-state index contributed by atoms with van der Waals surface area (Å²) < 4.78 is 0. The second kappa shape index (κ2) is 6.89. The van der Waals surface area contributed by atoms with Crippen molar-refractivity contribution in [3.05, 3.63) is 29.3 Å². The van der Waals surface area contributed by atoms with Gasteiger partial charge in [-0.15, -0.1) is 0 Å². The van der Waals surface area contributed by atoms with Gasteiger partial charge in [-0.25, -0.2) is 0 Å². The molecule has 0 bridgehead atoms. The monoisotopic (exact) mass is 274 g/mol. The molecule has 1 atom stereocenters. The number of carbonyl (C=O) groups excluding carboxylic acids is 1. The summed E-state index contributed by atoms with van der Waals surface area (Å²) >= 11 is 0. The summed E-state index contributed by atoms with van der Waals surface area (Å²) in [5, 5.41) is 6.41. The fourth-order valence-electron chi connectivity index (χ4n) is 2.79. The molecule has 3 nitrogen and oxygen atoms in total. The Morgan fingerprint density at radius 3 is 2.75 bits per heavy atom. The molecule has 1 aromatic carbocycles. The first-order chi connectivity index (χ1) is 9.60. The molecule has 2 N–H and O–H groups in total. The standard InChI is InChI=1S/C17H26N2O/c1-12(2)7-9-15(18-3)14-8-10-16-13(11-14)5-4-6-17(20)19-16/h8,10-12,15,18H,4-7,9H2,1-3H3,(H,19,20). The molecule has 1 heterocycles. The first-order valence-corrected chi connectivity index (χ1v) is 7.70. The predicted molar refractivity (Wildman–Crippen MR) is 83.9 cm³/mol. The van der Waals surface area contributed by atoms with E-state index in [0.717, 1.165) is 30.9 Å². The smallest absolute Gasteiger partial charge is 0.224 e. The number of hydrogen-bond acceptors (Lipinski definition) is 2. The molecule has 0 saturated carbocycles. The minimum atomic E-state index is 0.140. The average Bonchev–Trinajstić information content (AvgIpc) is 2.59. The van der Waals surface area contributed by atoms with Gasteiger partial charge >= 0.3 is 0 Å². The van der Waals surface area contributed by atoms with Crippen LogP contribution in [0, 0.1) is 5.92 Å². The predicted octanol–water partition coefficient (Wildman–Crippen LogP) is 3.66. The lowest BCUT2D eigenvalue weighted by Gasteiger charge is -2.19. The van der Waals surface area contributed by atoms with E-state index < -0.39 is 0 Å². The van der Waals surface area contributed by atoms with Crippen LogP contribution in [0.25, 0.3) is 0 Å². The summed E-state index contributed by atoms with van der Waals surface area (Å²) in [6.07, 6.45) is 4.94. The highest BCUT2D eigenvalue weighted by molar-refractivity contribution is 5.92. The zero-order valence-corrected chi connectivity index (χ0v) is 12.8. The minimum absolute atomic E-state index is 0.140. The van der Waals surface area contributed by atoms with Crippen molar-refractivity contribution in [2.24, 2.45) is 5.92 Å². The molecule has 0 saturated heterocycles. The van der Waals surface area contributed by atoms with Crippen LogP contribution in [0.3, 0.4) is 0 Å². The third kappa shape index (κ3) is 3.83. The van der Waals surface area contributed by atoms with Crippen LogP contribution in [0.5, 0.6) is 0 Å². The van der Waals surface area contributed by atoms with Gasteiger partial charge in [0.25, 0.3) is 0 Å². The Kier molecular flexibility index (Phi) is 5.18. The number of benzene rings is 1. The van der Waals surface area contributed by atoms with Gasteiger partial charge in [0, 0.05) is 18.2 Å². The Morgan fingerprint density at radius 1 is 1.25 bits per heavy atom. The summed E-state index contributed by atoms with van der Waals surface area (Å²) in [6, 6.07) is 6.88. The summed E-state index contributed by atoms with van der Waals surface area (Å²) in [5.74, 6) is 0.868. The molecule has 1 unspecified atom stereocenters. The van der Waals surface area contributed by atoms with Crippen molar-refractivity contribution in [3.8, 4) is 0 Å². The van der Waals surface area contributed by atoms with Crippen molar-refractivity contribution in [2.45, 2.75) is 52.0 Å². The molecule has 20 heavy (non-hydrogen) atoms. The van der Waals surface area contributed by atoms with Gasteiger partial charge in [-0.1, -0.05) is 26.0 Å². The normalized spacial score (nSPS) is 16.5. The number of amides is 1. The molecule has 110 valence electrons. The largest absolute Gasteiger partial charge is 0.326 e. The molecule has 1 aromatic rings. The van der Waals surface area contributed by atoms with Crippen LogP contribution in [-0.4, -0.2) is 13.0 Å². The Balaban J connectivity index is 2.16. The van der Waals surface area contributed by atoms with Crippen LogP contribution in [-0.2, 0) is 11.2 Å². The third-order valence-corrected chi connectivity index (χ3v) is 4.04. The summed E-state index contributed by atoms with van der Waals surface area (Å²) in [6.45, 7) is 4.53. The maximum Gasteiger partial charge on any atom is 0.224 e. The molecule has 1 aliphatic heterocycles. The Bertz CT molecular complexity index is 468. The second-order valence-corrected chi connectivity index (χ2v) is 6.13. The minimum Gasteiger partial charge on any atom is -0.326 e.